The van der Waals surface area contributed by atoms with Crippen molar-refractivity contribution in [2.24, 2.45) is 11.8 Å². The summed E-state index contributed by atoms with van der Waals surface area (Å²) in [4.78, 5) is 24.4. The van der Waals surface area contributed by atoms with Gasteiger partial charge in [0.15, 0.2) is 5.78 Å². The van der Waals surface area contributed by atoms with E-state index in [1.54, 1.807) is 0 Å². The van der Waals surface area contributed by atoms with E-state index >= 15 is 0 Å². The smallest absolute Gasteiger partial charge is 0.170 e. The Morgan fingerprint density at radius 2 is 1.88 bits per heavy atom. The monoisotopic (exact) mass is 458 g/mol. The first-order valence-electron chi connectivity index (χ1n) is 12.6. The van der Waals surface area contributed by atoms with Gasteiger partial charge in [-0.3, -0.25) is 9.59 Å². The van der Waals surface area contributed by atoms with Crippen molar-refractivity contribution in [1.82, 2.24) is 0 Å². The number of Topliss-reactive ketones (excluding diaryl/α,β-unsaturated/α-hetero) is 2. The lowest BCUT2D eigenvalue weighted by Crippen LogP contribution is -2.23. The van der Waals surface area contributed by atoms with Gasteiger partial charge in [0.25, 0.3) is 0 Å². The number of carbonyl (C=O) groups excluding carboxylic acids is 2. The number of aliphatic hydroxyl groups excluding tert-OH is 1. The van der Waals surface area contributed by atoms with E-state index in [2.05, 4.69) is 6.92 Å². The number of ketones is 2. The third-order valence-corrected chi connectivity index (χ3v) is 6.58. The Labute approximate surface area is 199 Å². The molecule has 0 spiro atoms. The minimum atomic E-state index is -0.737. The second kappa shape index (κ2) is 14.3. The van der Waals surface area contributed by atoms with Gasteiger partial charge in [0, 0.05) is 24.7 Å². The predicted molar refractivity (Wildman–Crippen MR) is 131 cm³/mol. The minimum Gasteiger partial charge on any atom is -0.486 e. The second-order valence-corrected chi connectivity index (χ2v) is 9.75. The number of ether oxygens (including phenoxy) is 1. The number of unbranched alkanes of at least 4 members (excludes halogenated alkanes) is 4. The van der Waals surface area contributed by atoms with Crippen LogP contribution in [0.2, 0.25) is 0 Å². The van der Waals surface area contributed by atoms with E-state index in [0.717, 1.165) is 51.4 Å². The zero-order valence-electron chi connectivity index (χ0n) is 20.4. The lowest BCUT2D eigenvalue weighted by atomic mass is 9.87. The number of hydrogen-bond donors (Lipinski definition) is 2. The third-order valence-electron chi connectivity index (χ3n) is 6.58. The molecule has 2 rings (SSSR count). The fourth-order valence-electron chi connectivity index (χ4n) is 4.52. The summed E-state index contributed by atoms with van der Waals surface area (Å²) in [5.74, 6) is 0.660. The van der Waals surface area contributed by atoms with Crippen molar-refractivity contribution < 1.29 is 24.5 Å². The zero-order valence-corrected chi connectivity index (χ0v) is 20.4. The fraction of sp³-hybridized carbons (Fsp3) is 0.643. The molecule has 5 nitrogen and oxygen atoms in total. The van der Waals surface area contributed by atoms with E-state index in [0.29, 0.717) is 18.6 Å². The van der Waals surface area contributed by atoms with Gasteiger partial charge in [-0.15, -0.1) is 0 Å². The summed E-state index contributed by atoms with van der Waals surface area (Å²) in [7, 11) is 0. The maximum Gasteiger partial charge on any atom is 0.170 e. The van der Waals surface area contributed by atoms with E-state index in [4.69, 9.17) is 4.74 Å². The number of rotatable bonds is 16. The van der Waals surface area contributed by atoms with Crippen LogP contribution in [0.25, 0.3) is 0 Å². The average molecular weight is 459 g/mol. The van der Waals surface area contributed by atoms with Crippen molar-refractivity contribution in [3.8, 4) is 5.75 Å². The summed E-state index contributed by atoms with van der Waals surface area (Å²) in [5.41, 5.74) is -0.737. The Balaban J connectivity index is 1.65. The van der Waals surface area contributed by atoms with Crippen LogP contribution in [0.5, 0.6) is 5.75 Å². The Bertz CT molecular complexity index is 740. The molecule has 4 atom stereocenters. The van der Waals surface area contributed by atoms with Crippen molar-refractivity contribution in [3.05, 3.63) is 42.5 Å². The first kappa shape index (κ1) is 27.3. The number of para-hydroxylation sites is 1. The lowest BCUT2D eigenvalue weighted by Gasteiger charge is -2.22. The largest absolute Gasteiger partial charge is 0.486 e. The summed E-state index contributed by atoms with van der Waals surface area (Å²) in [6, 6.07) is 9.35. The lowest BCUT2D eigenvalue weighted by molar-refractivity contribution is -0.121. The molecule has 1 fully saturated rings. The van der Waals surface area contributed by atoms with Crippen LogP contribution in [0.3, 0.4) is 0 Å². The molecule has 0 bridgehead atoms. The van der Waals surface area contributed by atoms with Crippen LogP contribution in [0.1, 0.15) is 84.5 Å². The van der Waals surface area contributed by atoms with E-state index in [1.807, 2.05) is 49.4 Å². The van der Waals surface area contributed by atoms with E-state index in [9.17, 15) is 19.8 Å². The van der Waals surface area contributed by atoms with Gasteiger partial charge in [0.1, 0.15) is 18.1 Å². The maximum absolute atomic E-state index is 12.4. The van der Waals surface area contributed by atoms with Gasteiger partial charge in [-0.05, 0) is 44.7 Å². The summed E-state index contributed by atoms with van der Waals surface area (Å²) >= 11 is 0. The standard InChI is InChI=1S/C28H42O5/c1-3-4-18-28(2,32)19-12-17-25-24(26(30)20-27(25)31)16-11-6-5-8-13-22(29)21-33-23-14-9-7-10-15-23/h7,9-10,12,14-15,17,24-25,27,31-32H,3-6,8,11,13,16,18-21H2,1-2H3/b17-12+/t24-,25-,27-,28?/m1/s1. The first-order valence-corrected chi connectivity index (χ1v) is 12.6. The van der Waals surface area contributed by atoms with Gasteiger partial charge < -0.3 is 14.9 Å². The van der Waals surface area contributed by atoms with Gasteiger partial charge >= 0.3 is 0 Å². The molecule has 1 aliphatic rings. The highest BCUT2D eigenvalue weighted by Gasteiger charge is 2.39. The van der Waals surface area contributed by atoms with E-state index in [-0.39, 0.29) is 36.4 Å². The SMILES string of the molecule is CCCCC(C)(O)C/C=C/[C@H]1[C@H](O)CC(=O)[C@@H]1CCCCCCC(=O)COc1ccccc1. The number of hydrogen-bond acceptors (Lipinski definition) is 5. The van der Waals surface area contributed by atoms with E-state index < -0.39 is 11.7 Å². The van der Waals surface area contributed by atoms with Crippen molar-refractivity contribution in [2.75, 3.05) is 6.61 Å². The van der Waals surface area contributed by atoms with Gasteiger partial charge in [-0.1, -0.05) is 69.4 Å². The molecule has 1 aromatic carbocycles. The molecule has 0 aliphatic heterocycles. The van der Waals surface area contributed by atoms with Crippen LogP contribution in [0.4, 0.5) is 0 Å². The Morgan fingerprint density at radius 1 is 1.15 bits per heavy atom. The normalized spacial score (nSPS) is 22.5. The van der Waals surface area contributed by atoms with Crippen molar-refractivity contribution >= 4 is 11.6 Å². The van der Waals surface area contributed by atoms with Gasteiger partial charge in [0.05, 0.1) is 11.7 Å². The Morgan fingerprint density at radius 3 is 2.61 bits per heavy atom. The van der Waals surface area contributed by atoms with Crippen molar-refractivity contribution in [1.29, 1.82) is 0 Å². The van der Waals surface area contributed by atoms with E-state index in [1.165, 1.54) is 0 Å². The quantitative estimate of drug-likeness (QED) is 0.255. The van der Waals surface area contributed by atoms with Crippen LogP contribution >= 0.6 is 0 Å². The summed E-state index contributed by atoms with van der Waals surface area (Å²) in [6.45, 7) is 4.06. The molecular weight excluding hydrogens is 416 g/mol. The molecule has 184 valence electrons. The van der Waals surface area contributed by atoms with Crippen LogP contribution in [0, 0.1) is 11.8 Å². The summed E-state index contributed by atoms with van der Waals surface area (Å²) in [5, 5.41) is 20.8. The molecule has 0 heterocycles. The minimum absolute atomic E-state index is 0.105. The van der Waals surface area contributed by atoms with Crippen LogP contribution in [-0.2, 0) is 9.59 Å². The molecule has 1 aromatic rings. The summed E-state index contributed by atoms with van der Waals surface area (Å²) < 4.78 is 5.49. The molecule has 1 saturated carbocycles. The highest BCUT2D eigenvalue weighted by atomic mass is 16.5. The molecule has 1 unspecified atom stereocenters. The topological polar surface area (TPSA) is 83.8 Å². The molecule has 5 heteroatoms. The first-order chi connectivity index (χ1) is 15.8. The number of carbonyl (C=O) groups is 2. The molecule has 0 amide bonds. The molecular formula is C28H42O5. The molecule has 33 heavy (non-hydrogen) atoms. The predicted octanol–water partition coefficient (Wildman–Crippen LogP) is 5.43. The third kappa shape index (κ3) is 10.2. The number of benzene rings is 1. The highest BCUT2D eigenvalue weighted by molar-refractivity contribution is 5.84. The summed E-state index contributed by atoms with van der Waals surface area (Å²) in [6.07, 6.45) is 11.8. The molecule has 2 N–H and O–H groups in total. The van der Waals surface area contributed by atoms with Gasteiger partial charge in [-0.2, -0.15) is 0 Å². The molecule has 0 radical (unpaired) electrons. The molecule has 0 saturated heterocycles. The van der Waals surface area contributed by atoms with Crippen molar-refractivity contribution in [2.45, 2.75) is 96.2 Å². The van der Waals surface area contributed by atoms with Gasteiger partial charge in [0.2, 0.25) is 0 Å². The Hall–Kier alpha value is -1.98. The number of aliphatic hydroxyl groups is 2. The van der Waals surface area contributed by atoms with Crippen LogP contribution in [-0.4, -0.2) is 40.1 Å². The molecule has 1 aliphatic carbocycles. The highest BCUT2D eigenvalue weighted by Crippen LogP contribution is 2.34. The van der Waals surface area contributed by atoms with Crippen molar-refractivity contribution in [3.63, 3.8) is 0 Å². The van der Waals surface area contributed by atoms with Crippen LogP contribution < -0.4 is 4.74 Å². The maximum atomic E-state index is 12.4. The Kier molecular flexibility index (Phi) is 11.8. The van der Waals surface area contributed by atoms with Gasteiger partial charge in [-0.25, -0.2) is 0 Å². The zero-order chi connectivity index (χ0) is 24.1. The molecule has 0 aromatic heterocycles. The average Bonchev–Trinajstić information content (AvgIpc) is 3.06. The second-order valence-electron chi connectivity index (χ2n) is 9.75. The van der Waals surface area contributed by atoms with Crippen LogP contribution in [0.15, 0.2) is 42.5 Å². The fourth-order valence-corrected chi connectivity index (χ4v) is 4.52.